The maximum absolute atomic E-state index is 14.0. The van der Waals surface area contributed by atoms with Gasteiger partial charge in [0.05, 0.1) is 10.6 Å². The normalized spacial score (nSPS) is 11.7. The predicted molar refractivity (Wildman–Crippen MR) is 99.4 cm³/mol. The second-order valence-electron chi connectivity index (χ2n) is 5.66. The quantitative estimate of drug-likeness (QED) is 0.637. The highest BCUT2D eigenvalue weighted by atomic mass is 32.2. The monoisotopic (exact) mass is 405 g/mol. The van der Waals surface area contributed by atoms with E-state index in [0.717, 1.165) is 12.1 Å². The molecule has 0 aliphatic rings. The van der Waals surface area contributed by atoms with E-state index in [9.17, 15) is 22.2 Å². The zero-order valence-corrected chi connectivity index (χ0v) is 15.3. The molecule has 0 saturated heterocycles. The van der Waals surface area contributed by atoms with E-state index in [-0.39, 0.29) is 5.69 Å². The highest BCUT2D eigenvalue weighted by Gasteiger charge is 2.18. The Balaban J connectivity index is 1.79. The summed E-state index contributed by atoms with van der Waals surface area (Å²) < 4.78 is 56.1. The molecule has 1 unspecified atom stereocenters. The molecule has 0 spiro atoms. The molecule has 0 saturated carbocycles. The van der Waals surface area contributed by atoms with E-state index in [0.29, 0.717) is 16.0 Å². The molecular formula is C19H14F3N3O2S. The Morgan fingerprint density at radius 3 is 2.18 bits per heavy atom. The largest absolute Gasteiger partial charge is 0.355 e. The van der Waals surface area contributed by atoms with E-state index in [4.69, 9.17) is 0 Å². The average molecular weight is 405 g/mol. The number of amides is 1. The molecule has 28 heavy (non-hydrogen) atoms. The van der Waals surface area contributed by atoms with Crippen LogP contribution in [0.2, 0.25) is 0 Å². The van der Waals surface area contributed by atoms with Crippen molar-refractivity contribution >= 4 is 22.6 Å². The number of rotatable bonds is 5. The van der Waals surface area contributed by atoms with Gasteiger partial charge in [0.1, 0.15) is 28.2 Å². The number of halogens is 3. The summed E-state index contributed by atoms with van der Waals surface area (Å²) in [5.74, 6) is -3.66. The summed E-state index contributed by atoms with van der Waals surface area (Å²) in [5.41, 5.74) is 0.495. The zero-order valence-electron chi connectivity index (χ0n) is 14.5. The summed E-state index contributed by atoms with van der Waals surface area (Å²) in [6.07, 6.45) is 1.34. The number of nitrogens with one attached hydrogen (secondary N) is 2. The van der Waals surface area contributed by atoms with E-state index in [1.54, 1.807) is 30.3 Å². The number of hydrogen-bond donors (Lipinski definition) is 2. The van der Waals surface area contributed by atoms with E-state index >= 15 is 0 Å². The lowest BCUT2D eigenvalue weighted by Crippen LogP contribution is -2.21. The lowest BCUT2D eigenvalue weighted by Gasteiger charge is -2.10. The first-order valence-corrected chi connectivity index (χ1v) is 9.15. The van der Waals surface area contributed by atoms with Crippen LogP contribution in [-0.4, -0.2) is 22.1 Å². The summed E-state index contributed by atoms with van der Waals surface area (Å²) >= 11 is 0. The third kappa shape index (κ3) is 4.20. The van der Waals surface area contributed by atoms with E-state index in [1.165, 1.54) is 19.3 Å². The Labute approximate surface area is 161 Å². The minimum Gasteiger partial charge on any atom is -0.355 e. The topological polar surface area (TPSA) is 71.1 Å². The second-order valence-corrected chi connectivity index (χ2v) is 6.87. The minimum absolute atomic E-state index is 0.0822. The van der Waals surface area contributed by atoms with Crippen LogP contribution in [-0.2, 0) is 11.0 Å². The smallest absolute Gasteiger partial charge is 0.256 e. The molecule has 3 aromatic rings. The number of carbonyl (C=O) groups excluding carboxylic acids is 1. The van der Waals surface area contributed by atoms with Crippen LogP contribution >= 0.6 is 0 Å². The molecule has 1 amide bonds. The van der Waals surface area contributed by atoms with Crippen LogP contribution in [0.1, 0.15) is 10.4 Å². The van der Waals surface area contributed by atoms with E-state index in [1.807, 2.05) is 0 Å². The van der Waals surface area contributed by atoms with Crippen molar-refractivity contribution in [1.82, 2.24) is 10.3 Å². The van der Waals surface area contributed by atoms with Gasteiger partial charge in [-0.15, -0.1) is 0 Å². The molecule has 1 heterocycles. The van der Waals surface area contributed by atoms with Gasteiger partial charge in [-0.1, -0.05) is 12.1 Å². The molecule has 144 valence electrons. The van der Waals surface area contributed by atoms with Gasteiger partial charge in [-0.05, 0) is 41.5 Å². The van der Waals surface area contributed by atoms with Gasteiger partial charge >= 0.3 is 0 Å². The van der Waals surface area contributed by atoms with Gasteiger partial charge in [0.2, 0.25) is 5.95 Å². The Kier molecular flexibility index (Phi) is 5.74. The standard InChI is InChI=1S/C19H14F3N3O2S/c1-23-19(26)18-15(20)9-13(10-16(18)21)25-28(27)14-4-2-11(3-5-14)12-6-7-24-17(22)8-12/h2-10,25H,1H3,(H,23,26). The molecule has 0 radical (unpaired) electrons. The van der Waals surface area contributed by atoms with Gasteiger partial charge in [0, 0.05) is 19.3 Å². The highest BCUT2D eigenvalue weighted by molar-refractivity contribution is 7.86. The SMILES string of the molecule is CNC(=O)c1c(F)cc(NS(=O)c2ccc(-c3ccnc(F)c3)cc2)cc1F. The number of benzene rings is 2. The molecule has 1 atom stereocenters. The molecule has 0 fully saturated rings. The molecule has 0 aliphatic carbocycles. The van der Waals surface area contributed by atoms with Gasteiger partial charge in [-0.2, -0.15) is 4.39 Å². The average Bonchev–Trinajstić information content (AvgIpc) is 2.67. The third-order valence-electron chi connectivity index (χ3n) is 3.84. The molecule has 2 aromatic carbocycles. The fourth-order valence-corrected chi connectivity index (χ4v) is 3.33. The number of carbonyl (C=O) groups is 1. The summed E-state index contributed by atoms with van der Waals surface area (Å²) in [5, 5.41) is 2.14. The molecule has 2 N–H and O–H groups in total. The molecule has 0 aliphatic heterocycles. The maximum atomic E-state index is 14.0. The van der Waals surface area contributed by atoms with Crippen molar-refractivity contribution in [3.05, 3.63) is 77.9 Å². The van der Waals surface area contributed by atoms with Crippen molar-refractivity contribution < 1.29 is 22.2 Å². The number of nitrogens with zero attached hydrogens (tertiary/aromatic N) is 1. The number of anilines is 1. The van der Waals surface area contributed by atoms with Crippen LogP contribution in [0.3, 0.4) is 0 Å². The zero-order chi connectivity index (χ0) is 20.3. The first-order chi connectivity index (χ1) is 13.4. The van der Waals surface area contributed by atoms with Crippen molar-refractivity contribution in [2.24, 2.45) is 0 Å². The first-order valence-electron chi connectivity index (χ1n) is 8.00. The Morgan fingerprint density at radius 1 is 0.964 bits per heavy atom. The predicted octanol–water partition coefficient (Wildman–Crippen LogP) is 3.66. The van der Waals surface area contributed by atoms with Crippen molar-refractivity contribution in [2.75, 3.05) is 11.8 Å². The first kappa shape index (κ1) is 19.6. The number of hydrogen-bond acceptors (Lipinski definition) is 3. The highest BCUT2D eigenvalue weighted by Crippen LogP contribution is 2.23. The van der Waals surface area contributed by atoms with Gasteiger partial charge in [-0.3, -0.25) is 4.79 Å². The van der Waals surface area contributed by atoms with Gasteiger partial charge in [0.15, 0.2) is 0 Å². The van der Waals surface area contributed by atoms with Crippen LogP contribution in [0.25, 0.3) is 11.1 Å². The fourth-order valence-electron chi connectivity index (χ4n) is 2.49. The lowest BCUT2D eigenvalue weighted by atomic mass is 10.1. The summed E-state index contributed by atoms with van der Waals surface area (Å²) in [6, 6.07) is 11.0. The van der Waals surface area contributed by atoms with Crippen LogP contribution in [0, 0.1) is 17.6 Å². The van der Waals surface area contributed by atoms with Crippen LogP contribution < -0.4 is 10.0 Å². The molecule has 1 aromatic heterocycles. The molecule has 5 nitrogen and oxygen atoms in total. The number of pyridine rings is 1. The fraction of sp³-hybridized carbons (Fsp3) is 0.0526. The van der Waals surface area contributed by atoms with Crippen LogP contribution in [0.4, 0.5) is 18.9 Å². The van der Waals surface area contributed by atoms with Gasteiger partial charge in [-0.25, -0.2) is 18.0 Å². The summed E-state index contributed by atoms with van der Waals surface area (Å²) in [7, 11) is -0.553. The lowest BCUT2D eigenvalue weighted by molar-refractivity contribution is 0.0955. The number of aromatic nitrogens is 1. The van der Waals surface area contributed by atoms with E-state index in [2.05, 4.69) is 15.0 Å². The van der Waals surface area contributed by atoms with Crippen molar-refractivity contribution in [1.29, 1.82) is 0 Å². The minimum atomic E-state index is -1.81. The van der Waals surface area contributed by atoms with Crippen LogP contribution in [0.15, 0.2) is 59.6 Å². The van der Waals surface area contributed by atoms with Crippen molar-refractivity contribution in [2.45, 2.75) is 4.90 Å². The Morgan fingerprint density at radius 2 is 1.61 bits per heavy atom. The summed E-state index contributed by atoms with van der Waals surface area (Å²) in [4.78, 5) is 15.3. The maximum Gasteiger partial charge on any atom is 0.256 e. The van der Waals surface area contributed by atoms with Gasteiger partial charge in [0.25, 0.3) is 5.91 Å². The second kappa shape index (κ2) is 8.22. The molecule has 0 bridgehead atoms. The van der Waals surface area contributed by atoms with Crippen molar-refractivity contribution in [3.63, 3.8) is 0 Å². The van der Waals surface area contributed by atoms with Crippen molar-refractivity contribution in [3.8, 4) is 11.1 Å². The Hall–Kier alpha value is -3.20. The third-order valence-corrected chi connectivity index (χ3v) is 4.96. The van der Waals surface area contributed by atoms with Gasteiger partial charge < -0.3 is 10.0 Å². The Bertz CT molecular complexity index is 1040. The molecule has 9 heteroatoms. The molecular weight excluding hydrogens is 391 g/mol. The summed E-state index contributed by atoms with van der Waals surface area (Å²) in [6.45, 7) is 0. The van der Waals surface area contributed by atoms with Crippen LogP contribution in [0.5, 0.6) is 0 Å². The molecule has 3 rings (SSSR count). The van der Waals surface area contributed by atoms with E-state index < -0.39 is 40.0 Å².